The highest BCUT2D eigenvalue weighted by Gasteiger charge is 2.07. The monoisotopic (exact) mass is 306 g/mol. The Hall–Kier alpha value is -2.88. The maximum atomic E-state index is 12.3. The molecule has 0 atom stereocenters. The van der Waals surface area contributed by atoms with Gasteiger partial charge in [-0.3, -0.25) is 9.36 Å². The summed E-state index contributed by atoms with van der Waals surface area (Å²) in [7, 11) is 0. The summed E-state index contributed by atoms with van der Waals surface area (Å²) in [5.74, 6) is 1.00. The maximum absolute atomic E-state index is 12.3. The van der Waals surface area contributed by atoms with E-state index in [1.165, 1.54) is 6.07 Å². The number of benzene rings is 2. The molecule has 3 rings (SSSR count). The van der Waals surface area contributed by atoms with Gasteiger partial charge in [0.2, 0.25) is 5.88 Å². The van der Waals surface area contributed by atoms with Crippen LogP contribution in [0, 0.1) is 6.92 Å². The standard InChI is InChI=1S/C19H18N2O2/c1-15-20-18(23-14-17-10-6-3-7-11-17)12-19(22)21(15)13-16-8-4-2-5-9-16/h2-12H,13-14H2,1H3. The molecule has 4 nitrogen and oxygen atoms in total. The van der Waals surface area contributed by atoms with E-state index in [0.29, 0.717) is 24.9 Å². The summed E-state index contributed by atoms with van der Waals surface area (Å²) in [6.07, 6.45) is 0. The molecule has 23 heavy (non-hydrogen) atoms. The van der Waals surface area contributed by atoms with Crippen molar-refractivity contribution in [2.45, 2.75) is 20.1 Å². The van der Waals surface area contributed by atoms with Gasteiger partial charge >= 0.3 is 0 Å². The van der Waals surface area contributed by atoms with Crippen LogP contribution in [0.5, 0.6) is 5.88 Å². The molecule has 0 amide bonds. The lowest BCUT2D eigenvalue weighted by atomic mass is 10.2. The van der Waals surface area contributed by atoms with Crippen molar-refractivity contribution in [2.75, 3.05) is 0 Å². The fourth-order valence-corrected chi connectivity index (χ4v) is 2.36. The Labute approximate surface area is 135 Å². The summed E-state index contributed by atoms with van der Waals surface area (Å²) >= 11 is 0. The number of ether oxygens (including phenoxy) is 1. The molecule has 0 aliphatic rings. The van der Waals surface area contributed by atoms with Gasteiger partial charge in [-0.05, 0) is 18.1 Å². The molecule has 0 bridgehead atoms. The molecule has 3 aromatic rings. The first kappa shape index (κ1) is 15.0. The zero-order valence-electron chi connectivity index (χ0n) is 13.0. The molecule has 0 radical (unpaired) electrons. The Morgan fingerprint density at radius 1 is 0.957 bits per heavy atom. The lowest BCUT2D eigenvalue weighted by Crippen LogP contribution is -2.24. The number of hydrogen-bond donors (Lipinski definition) is 0. The molecule has 0 saturated heterocycles. The van der Waals surface area contributed by atoms with Crippen LogP contribution in [0.3, 0.4) is 0 Å². The molecule has 0 fully saturated rings. The van der Waals surface area contributed by atoms with Gasteiger partial charge in [-0.1, -0.05) is 60.7 Å². The highest BCUT2D eigenvalue weighted by atomic mass is 16.5. The van der Waals surface area contributed by atoms with Crippen LogP contribution in [0.25, 0.3) is 0 Å². The predicted molar refractivity (Wildman–Crippen MR) is 89.6 cm³/mol. The Kier molecular flexibility index (Phi) is 4.52. The Morgan fingerprint density at radius 3 is 2.17 bits per heavy atom. The average molecular weight is 306 g/mol. The second-order valence-corrected chi connectivity index (χ2v) is 5.33. The maximum Gasteiger partial charge on any atom is 0.257 e. The zero-order chi connectivity index (χ0) is 16.1. The summed E-state index contributed by atoms with van der Waals surface area (Å²) in [5.41, 5.74) is 2.00. The normalized spacial score (nSPS) is 10.5. The van der Waals surface area contributed by atoms with E-state index < -0.39 is 0 Å². The molecule has 0 N–H and O–H groups in total. The van der Waals surface area contributed by atoms with Crippen molar-refractivity contribution in [3.63, 3.8) is 0 Å². The van der Waals surface area contributed by atoms with Crippen LogP contribution in [0.1, 0.15) is 17.0 Å². The first-order chi connectivity index (χ1) is 11.2. The number of rotatable bonds is 5. The predicted octanol–water partition coefficient (Wildman–Crippen LogP) is 3.18. The van der Waals surface area contributed by atoms with E-state index in [-0.39, 0.29) is 5.56 Å². The van der Waals surface area contributed by atoms with Crippen molar-refractivity contribution in [2.24, 2.45) is 0 Å². The van der Waals surface area contributed by atoms with Crippen LogP contribution in [0.4, 0.5) is 0 Å². The van der Waals surface area contributed by atoms with E-state index in [1.54, 1.807) is 4.57 Å². The second-order valence-electron chi connectivity index (χ2n) is 5.33. The number of aryl methyl sites for hydroxylation is 1. The van der Waals surface area contributed by atoms with Crippen LogP contribution in [-0.2, 0) is 13.2 Å². The molecular formula is C19H18N2O2. The molecule has 0 aliphatic heterocycles. The topological polar surface area (TPSA) is 44.1 Å². The minimum absolute atomic E-state index is 0.107. The number of aromatic nitrogens is 2. The largest absolute Gasteiger partial charge is 0.473 e. The van der Waals surface area contributed by atoms with Gasteiger partial charge in [0.05, 0.1) is 12.6 Å². The summed E-state index contributed by atoms with van der Waals surface area (Å²) < 4.78 is 7.28. The first-order valence-electron chi connectivity index (χ1n) is 7.51. The molecule has 1 heterocycles. The zero-order valence-corrected chi connectivity index (χ0v) is 13.0. The van der Waals surface area contributed by atoms with Crippen LogP contribution < -0.4 is 10.3 Å². The van der Waals surface area contributed by atoms with Crippen molar-refractivity contribution in [1.29, 1.82) is 0 Å². The van der Waals surface area contributed by atoms with Gasteiger partial charge in [-0.15, -0.1) is 0 Å². The van der Waals surface area contributed by atoms with E-state index in [9.17, 15) is 4.79 Å². The fourth-order valence-electron chi connectivity index (χ4n) is 2.36. The minimum Gasteiger partial charge on any atom is -0.473 e. The van der Waals surface area contributed by atoms with E-state index in [4.69, 9.17) is 4.74 Å². The third-order valence-corrected chi connectivity index (χ3v) is 3.59. The summed E-state index contributed by atoms with van der Waals surface area (Å²) in [5, 5.41) is 0. The SMILES string of the molecule is Cc1nc(OCc2ccccc2)cc(=O)n1Cc1ccccc1. The molecular weight excluding hydrogens is 288 g/mol. The van der Waals surface area contributed by atoms with Crippen molar-refractivity contribution in [3.8, 4) is 5.88 Å². The summed E-state index contributed by atoms with van der Waals surface area (Å²) in [6, 6.07) is 21.1. The number of hydrogen-bond acceptors (Lipinski definition) is 3. The molecule has 0 saturated carbocycles. The molecule has 0 aliphatic carbocycles. The molecule has 116 valence electrons. The smallest absolute Gasteiger partial charge is 0.257 e. The highest BCUT2D eigenvalue weighted by molar-refractivity contribution is 5.18. The third kappa shape index (κ3) is 3.86. The van der Waals surface area contributed by atoms with Gasteiger partial charge in [0.25, 0.3) is 5.56 Å². The van der Waals surface area contributed by atoms with Crippen molar-refractivity contribution in [3.05, 3.63) is 94.0 Å². The van der Waals surface area contributed by atoms with Crippen LogP contribution >= 0.6 is 0 Å². The second kappa shape index (κ2) is 6.92. The molecule has 2 aromatic carbocycles. The molecule has 0 unspecified atom stereocenters. The van der Waals surface area contributed by atoms with Gasteiger partial charge < -0.3 is 4.74 Å². The summed E-state index contributed by atoms with van der Waals surface area (Å²) in [6.45, 7) is 2.73. The third-order valence-electron chi connectivity index (χ3n) is 3.59. The Morgan fingerprint density at radius 2 is 1.57 bits per heavy atom. The fraction of sp³-hybridized carbons (Fsp3) is 0.158. The minimum atomic E-state index is -0.107. The van der Waals surface area contributed by atoms with Gasteiger partial charge in [-0.25, -0.2) is 4.98 Å². The molecule has 1 aromatic heterocycles. The molecule has 0 spiro atoms. The van der Waals surface area contributed by atoms with Gasteiger partial charge in [0, 0.05) is 0 Å². The Bertz CT molecular complexity index is 827. The van der Waals surface area contributed by atoms with Crippen molar-refractivity contribution >= 4 is 0 Å². The van der Waals surface area contributed by atoms with Crippen LogP contribution in [-0.4, -0.2) is 9.55 Å². The Balaban J connectivity index is 1.76. The van der Waals surface area contributed by atoms with Crippen molar-refractivity contribution in [1.82, 2.24) is 9.55 Å². The van der Waals surface area contributed by atoms with Gasteiger partial charge in [0.1, 0.15) is 12.4 Å². The van der Waals surface area contributed by atoms with E-state index in [1.807, 2.05) is 67.6 Å². The highest BCUT2D eigenvalue weighted by Crippen LogP contribution is 2.09. The van der Waals surface area contributed by atoms with Crippen LogP contribution in [0.2, 0.25) is 0 Å². The van der Waals surface area contributed by atoms with Gasteiger partial charge in [0.15, 0.2) is 0 Å². The lowest BCUT2D eigenvalue weighted by molar-refractivity contribution is 0.290. The molecule has 4 heteroatoms. The number of nitrogens with zero attached hydrogens (tertiary/aromatic N) is 2. The van der Waals surface area contributed by atoms with Crippen molar-refractivity contribution < 1.29 is 4.74 Å². The van der Waals surface area contributed by atoms with E-state index in [0.717, 1.165) is 11.1 Å². The van der Waals surface area contributed by atoms with Crippen LogP contribution in [0.15, 0.2) is 71.5 Å². The average Bonchev–Trinajstić information content (AvgIpc) is 2.58. The van der Waals surface area contributed by atoms with E-state index in [2.05, 4.69) is 4.98 Å². The van der Waals surface area contributed by atoms with Gasteiger partial charge in [-0.2, -0.15) is 0 Å². The summed E-state index contributed by atoms with van der Waals surface area (Å²) in [4.78, 5) is 16.7. The van der Waals surface area contributed by atoms with E-state index >= 15 is 0 Å². The lowest BCUT2D eigenvalue weighted by Gasteiger charge is -2.11. The quantitative estimate of drug-likeness (QED) is 0.727. The first-order valence-corrected chi connectivity index (χ1v) is 7.51.